The van der Waals surface area contributed by atoms with Gasteiger partial charge in [0.2, 0.25) is 0 Å². The van der Waals surface area contributed by atoms with Crippen molar-refractivity contribution < 1.29 is 9.36 Å². The number of ketones is 1. The van der Waals surface area contributed by atoms with Crippen molar-refractivity contribution in [3.8, 4) is 0 Å². The second-order valence-corrected chi connectivity index (χ2v) is 8.06. The second kappa shape index (κ2) is 6.72. The average Bonchev–Trinajstić information content (AvgIpc) is 2.64. The molecule has 0 aliphatic carbocycles. The van der Waals surface area contributed by atoms with Crippen LogP contribution >= 0.6 is 7.14 Å². The molecule has 4 heteroatoms. The van der Waals surface area contributed by atoms with Crippen molar-refractivity contribution in [2.75, 3.05) is 6.16 Å². The predicted molar refractivity (Wildman–Crippen MR) is 93.2 cm³/mol. The Balaban J connectivity index is 2.04. The van der Waals surface area contributed by atoms with Gasteiger partial charge in [0.15, 0.2) is 12.9 Å². The SMILES string of the molecule is O=C(CP(=O)(c1ccccc1)c1ccccc1)c1cccnc1. The molecule has 3 aromatic rings. The standard InChI is InChI=1S/C19H16NO2P/c21-19(16-8-7-13-20-14-16)15-23(22,17-9-3-1-4-10-17)18-11-5-2-6-12-18/h1-14H,15H2. The lowest BCUT2D eigenvalue weighted by Gasteiger charge is -2.18. The van der Waals surface area contributed by atoms with Crippen LogP contribution in [0.3, 0.4) is 0 Å². The van der Waals surface area contributed by atoms with E-state index in [1.807, 2.05) is 60.7 Å². The highest BCUT2D eigenvalue weighted by molar-refractivity contribution is 7.79. The Morgan fingerprint density at radius 1 is 0.826 bits per heavy atom. The zero-order valence-electron chi connectivity index (χ0n) is 12.5. The van der Waals surface area contributed by atoms with Crippen LogP contribution in [0.1, 0.15) is 10.4 Å². The van der Waals surface area contributed by atoms with E-state index in [0.717, 1.165) is 0 Å². The van der Waals surface area contributed by atoms with Gasteiger partial charge in [-0.2, -0.15) is 0 Å². The highest BCUT2D eigenvalue weighted by Crippen LogP contribution is 2.43. The monoisotopic (exact) mass is 321 g/mol. The van der Waals surface area contributed by atoms with Crippen molar-refractivity contribution in [3.05, 3.63) is 90.8 Å². The molecule has 0 saturated heterocycles. The Morgan fingerprint density at radius 2 is 1.39 bits per heavy atom. The molecule has 23 heavy (non-hydrogen) atoms. The number of hydrogen-bond acceptors (Lipinski definition) is 3. The number of carbonyl (C=O) groups excluding carboxylic acids is 1. The molecule has 0 aliphatic rings. The van der Waals surface area contributed by atoms with Gasteiger partial charge in [-0.15, -0.1) is 0 Å². The van der Waals surface area contributed by atoms with Crippen LogP contribution in [-0.2, 0) is 4.57 Å². The van der Waals surface area contributed by atoms with Crippen LogP contribution in [0.15, 0.2) is 85.2 Å². The molecule has 114 valence electrons. The Labute approximate surface area is 135 Å². The smallest absolute Gasteiger partial charge is 0.172 e. The number of hydrogen-bond donors (Lipinski definition) is 0. The maximum absolute atomic E-state index is 13.8. The van der Waals surface area contributed by atoms with Crippen LogP contribution in [0, 0.1) is 0 Å². The molecule has 0 atom stereocenters. The highest BCUT2D eigenvalue weighted by atomic mass is 31.2. The normalized spacial score (nSPS) is 11.1. The summed E-state index contributed by atoms with van der Waals surface area (Å²) in [6.07, 6.45) is 3.10. The molecule has 3 rings (SSSR count). The van der Waals surface area contributed by atoms with Crippen LogP contribution in [-0.4, -0.2) is 16.9 Å². The van der Waals surface area contributed by atoms with Gasteiger partial charge in [0, 0.05) is 28.6 Å². The van der Waals surface area contributed by atoms with Gasteiger partial charge in [-0.1, -0.05) is 60.7 Å². The molecule has 0 spiro atoms. The third-order valence-corrected chi connectivity index (χ3v) is 6.69. The van der Waals surface area contributed by atoms with Gasteiger partial charge in [0.25, 0.3) is 0 Å². The van der Waals surface area contributed by atoms with E-state index in [4.69, 9.17) is 0 Å². The Kier molecular flexibility index (Phi) is 4.50. The van der Waals surface area contributed by atoms with Crippen molar-refractivity contribution in [1.82, 2.24) is 4.98 Å². The number of Topliss-reactive ketones (excluding diaryl/α,β-unsaturated/α-hetero) is 1. The van der Waals surface area contributed by atoms with Gasteiger partial charge < -0.3 is 4.57 Å². The summed E-state index contributed by atoms with van der Waals surface area (Å²) in [5.41, 5.74) is 0.486. The lowest BCUT2D eigenvalue weighted by Crippen LogP contribution is -2.22. The Morgan fingerprint density at radius 3 is 1.87 bits per heavy atom. The zero-order chi connectivity index (χ0) is 16.1. The summed E-state index contributed by atoms with van der Waals surface area (Å²) in [6, 6.07) is 21.9. The summed E-state index contributed by atoms with van der Waals surface area (Å²) in [4.78, 5) is 16.6. The first-order chi connectivity index (χ1) is 11.2. The van der Waals surface area contributed by atoms with E-state index < -0.39 is 7.14 Å². The van der Waals surface area contributed by atoms with Gasteiger partial charge in [-0.3, -0.25) is 9.78 Å². The Bertz CT molecular complexity index is 790. The third-order valence-electron chi connectivity index (χ3n) is 3.70. The fourth-order valence-electron chi connectivity index (χ4n) is 2.49. The zero-order valence-corrected chi connectivity index (χ0v) is 13.4. The van der Waals surface area contributed by atoms with E-state index in [2.05, 4.69) is 4.98 Å². The molecule has 0 fully saturated rings. The van der Waals surface area contributed by atoms with Crippen molar-refractivity contribution in [2.24, 2.45) is 0 Å². The molecule has 0 unspecified atom stereocenters. The topological polar surface area (TPSA) is 47.0 Å². The van der Waals surface area contributed by atoms with Crippen molar-refractivity contribution in [2.45, 2.75) is 0 Å². The molecule has 1 heterocycles. The molecular weight excluding hydrogens is 305 g/mol. The maximum atomic E-state index is 13.8. The molecule has 2 aromatic carbocycles. The summed E-state index contributed by atoms with van der Waals surface area (Å²) in [5, 5.41) is 1.40. The second-order valence-electron chi connectivity index (χ2n) is 5.23. The molecule has 0 N–H and O–H groups in total. The number of rotatable bonds is 5. The fraction of sp³-hybridized carbons (Fsp3) is 0.0526. The third kappa shape index (κ3) is 3.30. The van der Waals surface area contributed by atoms with E-state index >= 15 is 0 Å². The number of aromatic nitrogens is 1. The van der Waals surface area contributed by atoms with E-state index in [-0.39, 0.29) is 11.9 Å². The predicted octanol–water partition coefficient (Wildman–Crippen LogP) is 3.28. The van der Waals surface area contributed by atoms with Crippen molar-refractivity contribution >= 4 is 23.5 Å². The van der Waals surface area contributed by atoms with Gasteiger partial charge in [0.1, 0.15) is 0 Å². The number of carbonyl (C=O) groups is 1. The summed E-state index contributed by atoms with van der Waals surface area (Å²) in [6.45, 7) is 0. The van der Waals surface area contributed by atoms with Gasteiger partial charge in [-0.05, 0) is 12.1 Å². The van der Waals surface area contributed by atoms with Crippen LogP contribution in [0.2, 0.25) is 0 Å². The minimum absolute atomic E-state index is 0.0350. The van der Waals surface area contributed by atoms with E-state index in [1.54, 1.807) is 18.3 Å². The molecule has 3 nitrogen and oxygen atoms in total. The summed E-state index contributed by atoms with van der Waals surface area (Å²) in [7, 11) is -3.02. The van der Waals surface area contributed by atoms with Crippen molar-refractivity contribution in [1.29, 1.82) is 0 Å². The van der Waals surface area contributed by atoms with Crippen LogP contribution in [0.25, 0.3) is 0 Å². The number of nitrogens with zero attached hydrogens (tertiary/aromatic N) is 1. The first kappa shape index (κ1) is 15.4. The number of benzene rings is 2. The minimum Gasteiger partial charge on any atom is -0.313 e. The molecule has 0 saturated carbocycles. The Hall–Kier alpha value is -2.51. The molecular formula is C19H16NO2P. The minimum atomic E-state index is -3.02. The van der Waals surface area contributed by atoms with Gasteiger partial charge in [-0.25, -0.2) is 0 Å². The van der Waals surface area contributed by atoms with Crippen LogP contribution in [0.4, 0.5) is 0 Å². The molecule has 0 bridgehead atoms. The lowest BCUT2D eigenvalue weighted by molar-refractivity contribution is 0.102. The average molecular weight is 321 g/mol. The van der Waals surface area contributed by atoms with E-state index in [9.17, 15) is 9.36 Å². The van der Waals surface area contributed by atoms with E-state index in [1.165, 1.54) is 6.20 Å². The number of pyridine rings is 1. The molecule has 0 amide bonds. The summed E-state index contributed by atoms with van der Waals surface area (Å²) < 4.78 is 13.8. The highest BCUT2D eigenvalue weighted by Gasteiger charge is 2.30. The largest absolute Gasteiger partial charge is 0.313 e. The van der Waals surface area contributed by atoms with Crippen molar-refractivity contribution in [3.63, 3.8) is 0 Å². The summed E-state index contributed by atoms with van der Waals surface area (Å²) >= 11 is 0. The first-order valence-electron chi connectivity index (χ1n) is 7.34. The summed E-state index contributed by atoms with van der Waals surface area (Å²) in [5.74, 6) is -0.158. The molecule has 0 radical (unpaired) electrons. The van der Waals surface area contributed by atoms with Crippen LogP contribution < -0.4 is 10.6 Å². The molecule has 0 aliphatic heterocycles. The van der Waals surface area contributed by atoms with E-state index in [0.29, 0.717) is 16.2 Å². The maximum Gasteiger partial charge on any atom is 0.172 e. The quantitative estimate of drug-likeness (QED) is 0.535. The van der Waals surface area contributed by atoms with Gasteiger partial charge in [0.05, 0.1) is 6.16 Å². The van der Waals surface area contributed by atoms with Crippen LogP contribution in [0.5, 0.6) is 0 Å². The molecule has 1 aromatic heterocycles. The first-order valence-corrected chi connectivity index (χ1v) is 9.23. The fourth-order valence-corrected chi connectivity index (χ4v) is 5.05. The lowest BCUT2D eigenvalue weighted by atomic mass is 10.2. The van der Waals surface area contributed by atoms with Gasteiger partial charge >= 0.3 is 0 Å².